The van der Waals surface area contributed by atoms with Gasteiger partial charge in [0.15, 0.2) is 5.65 Å². The first kappa shape index (κ1) is 14.8. The Hall–Kier alpha value is -1.61. The van der Waals surface area contributed by atoms with Crippen LogP contribution in [0.5, 0.6) is 0 Å². The minimum Gasteiger partial charge on any atom is -0.368 e. The predicted octanol–water partition coefficient (Wildman–Crippen LogP) is -0.102. The maximum absolute atomic E-state index is 12.8. The lowest BCUT2D eigenvalue weighted by atomic mass is 10.4. The van der Waals surface area contributed by atoms with E-state index in [1.165, 1.54) is 17.1 Å². The average molecular weight is 305 g/mol. The first-order chi connectivity index (χ1) is 9.39. The monoisotopic (exact) mass is 305 g/mol. The van der Waals surface area contributed by atoms with Crippen LogP contribution in [0.1, 0.15) is 0 Å². The molecule has 110 valence electrons. The zero-order valence-corrected chi connectivity index (χ0v) is 11.2. The van der Waals surface area contributed by atoms with Gasteiger partial charge in [-0.25, -0.2) is 14.4 Å². The predicted molar refractivity (Wildman–Crippen MR) is 67.5 cm³/mol. The molecule has 4 N–H and O–H groups in total. The fourth-order valence-corrected chi connectivity index (χ4v) is 1.98. The average Bonchev–Trinajstić information content (AvgIpc) is 2.75. The molecule has 11 heteroatoms. The third kappa shape index (κ3) is 3.70. The number of nitrogens with zero attached hydrogens (tertiary/aromatic N) is 4. The molecule has 0 aromatic carbocycles. The number of rotatable bonds is 6. The summed E-state index contributed by atoms with van der Waals surface area (Å²) in [4.78, 5) is 29.2. The molecule has 2 heterocycles. The van der Waals surface area contributed by atoms with Crippen LogP contribution in [0.25, 0.3) is 11.2 Å². The number of ether oxygens (including phenoxy) is 1. The van der Waals surface area contributed by atoms with E-state index >= 15 is 0 Å². The zero-order valence-electron chi connectivity index (χ0n) is 10.3. The minimum atomic E-state index is -4.34. The van der Waals surface area contributed by atoms with E-state index in [0.29, 0.717) is 11.2 Å². The number of hydrogen-bond acceptors (Lipinski definition) is 6. The Labute approximate surface area is 112 Å². The summed E-state index contributed by atoms with van der Waals surface area (Å²) < 4.78 is 29.9. The Kier molecular flexibility index (Phi) is 4.29. The van der Waals surface area contributed by atoms with Crippen molar-refractivity contribution in [3.05, 3.63) is 12.5 Å². The van der Waals surface area contributed by atoms with Gasteiger partial charge in [-0.3, -0.25) is 4.57 Å². The Balaban J connectivity index is 2.13. The number of hydrogen-bond donors (Lipinski definition) is 3. The molecule has 2 rings (SSSR count). The molecular formula is C9H13FN5O4P. The molecule has 0 fully saturated rings. The van der Waals surface area contributed by atoms with Crippen LogP contribution in [-0.2, 0) is 15.8 Å². The van der Waals surface area contributed by atoms with E-state index in [9.17, 15) is 8.96 Å². The molecule has 0 aliphatic rings. The van der Waals surface area contributed by atoms with Crippen molar-refractivity contribution in [2.24, 2.45) is 0 Å². The van der Waals surface area contributed by atoms with Gasteiger partial charge in [-0.05, 0) is 0 Å². The quantitative estimate of drug-likeness (QED) is 0.629. The number of anilines is 1. The summed E-state index contributed by atoms with van der Waals surface area (Å²) in [6, 6.07) is 0. The zero-order chi connectivity index (χ0) is 14.8. The van der Waals surface area contributed by atoms with Gasteiger partial charge in [-0.1, -0.05) is 0 Å². The van der Waals surface area contributed by atoms with Gasteiger partial charge >= 0.3 is 7.60 Å². The fourth-order valence-electron chi connectivity index (χ4n) is 1.57. The molecule has 0 amide bonds. The van der Waals surface area contributed by atoms with Crippen LogP contribution in [0.15, 0.2) is 12.5 Å². The van der Waals surface area contributed by atoms with Crippen LogP contribution in [0.2, 0.25) is 0 Å². The van der Waals surface area contributed by atoms with Gasteiger partial charge in [0.1, 0.15) is 24.6 Å². The fraction of sp³-hybridized carbons (Fsp3) is 0.444. The van der Waals surface area contributed by atoms with E-state index < -0.39 is 26.7 Å². The molecule has 0 aliphatic heterocycles. The standard InChI is InChI=1S/C9H13FN5O4P/c10-1-6(19-5-20(16,17)18)3-15-4-13-7-2-12-9(11)14-8(7)15/h2,4,6H,1,3,5H2,(H2,11,12,14)(H2,16,17,18)/t6-/m0/s1. The van der Waals surface area contributed by atoms with Crippen LogP contribution in [0.3, 0.4) is 0 Å². The van der Waals surface area contributed by atoms with E-state index in [1.807, 2.05) is 0 Å². The van der Waals surface area contributed by atoms with E-state index in [1.54, 1.807) is 0 Å². The highest BCUT2D eigenvalue weighted by Gasteiger charge is 2.19. The molecule has 0 aliphatic carbocycles. The molecule has 2 aromatic rings. The summed E-state index contributed by atoms with van der Waals surface area (Å²) in [6.45, 7) is -0.899. The highest BCUT2D eigenvalue weighted by Crippen LogP contribution is 2.34. The summed E-state index contributed by atoms with van der Waals surface area (Å²) in [7, 11) is -4.34. The van der Waals surface area contributed by atoms with Gasteiger partial charge in [0.2, 0.25) is 5.95 Å². The van der Waals surface area contributed by atoms with Crippen molar-refractivity contribution in [2.75, 3.05) is 18.8 Å². The van der Waals surface area contributed by atoms with Crippen LogP contribution in [-0.4, -0.2) is 48.4 Å². The number of nitrogen functional groups attached to an aromatic ring is 1. The SMILES string of the molecule is Nc1ncc2ncn(C[C@H](CF)OCP(=O)(O)O)c2n1. The lowest BCUT2D eigenvalue weighted by Gasteiger charge is -2.15. The summed E-state index contributed by atoms with van der Waals surface area (Å²) in [5.74, 6) is 0.0483. The molecule has 9 nitrogen and oxygen atoms in total. The van der Waals surface area contributed by atoms with Crippen LogP contribution < -0.4 is 5.73 Å². The van der Waals surface area contributed by atoms with Crippen LogP contribution in [0, 0.1) is 0 Å². The Morgan fingerprint density at radius 3 is 2.90 bits per heavy atom. The number of imidazole rings is 1. The molecule has 0 unspecified atom stereocenters. The Bertz CT molecular complexity index is 644. The maximum Gasteiger partial charge on any atom is 0.350 e. The molecular weight excluding hydrogens is 292 g/mol. The molecule has 20 heavy (non-hydrogen) atoms. The number of fused-ring (bicyclic) bond motifs is 1. The number of alkyl halides is 1. The molecule has 1 atom stereocenters. The van der Waals surface area contributed by atoms with Crippen molar-refractivity contribution in [2.45, 2.75) is 12.6 Å². The Morgan fingerprint density at radius 1 is 1.50 bits per heavy atom. The smallest absolute Gasteiger partial charge is 0.350 e. The van der Waals surface area contributed by atoms with Gasteiger partial charge in [-0.15, -0.1) is 0 Å². The third-order valence-corrected chi connectivity index (χ3v) is 2.91. The third-order valence-electron chi connectivity index (χ3n) is 2.43. The molecule has 0 bridgehead atoms. The normalized spacial score (nSPS) is 13.8. The van der Waals surface area contributed by atoms with Crippen molar-refractivity contribution >= 4 is 24.7 Å². The summed E-state index contributed by atoms with van der Waals surface area (Å²) in [5.41, 5.74) is 6.34. The largest absolute Gasteiger partial charge is 0.368 e. The lowest BCUT2D eigenvalue weighted by Crippen LogP contribution is -2.23. The first-order valence-corrected chi connectivity index (χ1v) is 7.34. The summed E-state index contributed by atoms with van der Waals surface area (Å²) in [5, 5.41) is 0. The van der Waals surface area contributed by atoms with Crippen molar-refractivity contribution < 1.29 is 23.5 Å². The van der Waals surface area contributed by atoms with Gasteiger partial charge < -0.3 is 24.8 Å². The molecule has 0 saturated heterocycles. The van der Waals surface area contributed by atoms with Gasteiger partial charge in [0.25, 0.3) is 0 Å². The van der Waals surface area contributed by atoms with Crippen molar-refractivity contribution in [1.82, 2.24) is 19.5 Å². The second kappa shape index (κ2) is 5.80. The number of nitrogens with two attached hydrogens (primary N) is 1. The van der Waals surface area contributed by atoms with Gasteiger partial charge in [0.05, 0.1) is 19.1 Å². The van der Waals surface area contributed by atoms with Crippen LogP contribution >= 0.6 is 7.60 Å². The topological polar surface area (TPSA) is 136 Å². The minimum absolute atomic E-state index is 0.00343. The molecule has 0 spiro atoms. The van der Waals surface area contributed by atoms with Gasteiger partial charge in [-0.2, -0.15) is 4.98 Å². The lowest BCUT2D eigenvalue weighted by molar-refractivity contribution is 0.0445. The maximum atomic E-state index is 12.8. The van der Waals surface area contributed by atoms with Gasteiger partial charge in [0, 0.05) is 0 Å². The van der Waals surface area contributed by atoms with Crippen LogP contribution in [0.4, 0.5) is 10.3 Å². The summed E-state index contributed by atoms with van der Waals surface area (Å²) in [6.07, 6.45) is 0.971. The van der Waals surface area contributed by atoms with E-state index in [2.05, 4.69) is 15.0 Å². The van der Waals surface area contributed by atoms with Crippen molar-refractivity contribution in [3.63, 3.8) is 0 Å². The molecule has 0 radical (unpaired) electrons. The number of halogens is 1. The highest BCUT2D eigenvalue weighted by molar-refractivity contribution is 7.51. The van der Waals surface area contributed by atoms with Crippen molar-refractivity contribution in [1.29, 1.82) is 0 Å². The molecule has 0 saturated carbocycles. The number of aromatic nitrogens is 4. The van der Waals surface area contributed by atoms with E-state index in [-0.39, 0.29) is 12.5 Å². The van der Waals surface area contributed by atoms with E-state index in [4.69, 9.17) is 20.3 Å². The molecule has 2 aromatic heterocycles. The Morgan fingerprint density at radius 2 is 2.25 bits per heavy atom. The van der Waals surface area contributed by atoms with E-state index in [0.717, 1.165) is 0 Å². The summed E-state index contributed by atoms with van der Waals surface area (Å²) >= 11 is 0. The first-order valence-electron chi connectivity index (χ1n) is 5.54. The van der Waals surface area contributed by atoms with Crippen molar-refractivity contribution in [3.8, 4) is 0 Å². The highest BCUT2D eigenvalue weighted by atomic mass is 31.2. The second-order valence-corrected chi connectivity index (χ2v) is 5.66. The second-order valence-electron chi connectivity index (χ2n) is 4.07.